The van der Waals surface area contributed by atoms with E-state index < -0.39 is 9.84 Å². The van der Waals surface area contributed by atoms with Crippen LogP contribution >= 0.6 is 0 Å². The molecular formula is C23H25N3O4S. The lowest BCUT2D eigenvalue weighted by Crippen LogP contribution is -2.10. The van der Waals surface area contributed by atoms with E-state index in [0.29, 0.717) is 24.2 Å². The summed E-state index contributed by atoms with van der Waals surface area (Å²) in [7, 11) is -3.25. The normalized spacial score (nSPS) is 11.6. The van der Waals surface area contributed by atoms with E-state index in [1.54, 1.807) is 47.4 Å². The first kappa shape index (κ1) is 22.6. The van der Waals surface area contributed by atoms with Gasteiger partial charge in [-0.2, -0.15) is 5.10 Å². The molecule has 3 rings (SSSR count). The van der Waals surface area contributed by atoms with E-state index in [0.717, 1.165) is 17.5 Å². The second-order valence-corrected chi connectivity index (χ2v) is 9.93. The minimum atomic E-state index is -3.25. The molecule has 162 valence electrons. The molecule has 0 aliphatic heterocycles. The molecule has 0 unspecified atom stereocenters. The van der Waals surface area contributed by atoms with Crippen molar-refractivity contribution in [2.45, 2.75) is 38.0 Å². The number of sulfone groups is 1. The Morgan fingerprint density at radius 1 is 1.00 bits per heavy atom. The van der Waals surface area contributed by atoms with Gasteiger partial charge in [0.25, 0.3) is 0 Å². The number of benzene rings is 1. The molecule has 0 aliphatic carbocycles. The molecule has 31 heavy (non-hydrogen) atoms. The van der Waals surface area contributed by atoms with E-state index in [-0.39, 0.29) is 28.8 Å². The molecule has 0 radical (unpaired) electrons. The summed E-state index contributed by atoms with van der Waals surface area (Å²) in [4.78, 5) is 29.3. The highest BCUT2D eigenvalue weighted by molar-refractivity contribution is 7.90. The van der Waals surface area contributed by atoms with Gasteiger partial charge in [0.1, 0.15) is 11.4 Å². The largest absolute Gasteiger partial charge is 0.292 e. The number of rotatable bonds is 9. The number of carbonyl (C=O) groups excluding carboxylic acids is 2. The fraction of sp³-hybridized carbons (Fsp3) is 0.304. The van der Waals surface area contributed by atoms with Gasteiger partial charge in [0.2, 0.25) is 0 Å². The van der Waals surface area contributed by atoms with Crippen molar-refractivity contribution in [3.05, 3.63) is 71.8 Å². The van der Waals surface area contributed by atoms with Crippen LogP contribution in [0.3, 0.4) is 0 Å². The summed E-state index contributed by atoms with van der Waals surface area (Å²) >= 11 is 0. The molecule has 0 N–H and O–H groups in total. The Labute approximate surface area is 182 Å². The lowest BCUT2D eigenvalue weighted by atomic mass is 10.0. The van der Waals surface area contributed by atoms with Crippen molar-refractivity contribution < 1.29 is 18.0 Å². The Bertz CT molecular complexity index is 1200. The quantitative estimate of drug-likeness (QED) is 0.471. The molecule has 7 nitrogen and oxygen atoms in total. The Kier molecular flexibility index (Phi) is 6.80. The van der Waals surface area contributed by atoms with Crippen molar-refractivity contribution in [1.82, 2.24) is 14.8 Å². The topological polar surface area (TPSA) is 99.0 Å². The van der Waals surface area contributed by atoms with Crippen LogP contribution in [0, 0.1) is 5.92 Å². The van der Waals surface area contributed by atoms with Gasteiger partial charge in [-0.3, -0.25) is 9.59 Å². The molecule has 2 aromatic heterocycles. The van der Waals surface area contributed by atoms with Crippen LogP contribution in [0.15, 0.2) is 59.8 Å². The summed E-state index contributed by atoms with van der Waals surface area (Å²) in [6.07, 6.45) is 5.76. The van der Waals surface area contributed by atoms with Crippen LogP contribution in [0.2, 0.25) is 0 Å². The Balaban J connectivity index is 1.64. The van der Waals surface area contributed by atoms with E-state index in [1.807, 2.05) is 13.8 Å². The highest BCUT2D eigenvalue weighted by Gasteiger charge is 2.14. The van der Waals surface area contributed by atoms with E-state index in [9.17, 15) is 18.0 Å². The van der Waals surface area contributed by atoms with Gasteiger partial charge in [0.15, 0.2) is 21.4 Å². The minimum Gasteiger partial charge on any atom is -0.292 e. The van der Waals surface area contributed by atoms with Gasteiger partial charge in [-0.25, -0.2) is 18.1 Å². The number of pyridine rings is 1. The summed E-state index contributed by atoms with van der Waals surface area (Å²) < 4.78 is 24.8. The second kappa shape index (κ2) is 9.34. The van der Waals surface area contributed by atoms with Crippen molar-refractivity contribution in [1.29, 1.82) is 0 Å². The highest BCUT2D eigenvalue weighted by atomic mass is 32.2. The Morgan fingerprint density at radius 2 is 1.65 bits per heavy atom. The molecule has 0 saturated carbocycles. The average molecular weight is 440 g/mol. The predicted molar refractivity (Wildman–Crippen MR) is 117 cm³/mol. The van der Waals surface area contributed by atoms with Crippen molar-refractivity contribution in [2.75, 3.05) is 6.26 Å². The number of hydrogen-bond donors (Lipinski definition) is 0. The monoisotopic (exact) mass is 439 g/mol. The van der Waals surface area contributed by atoms with Crippen molar-refractivity contribution in [3.63, 3.8) is 0 Å². The third-order valence-electron chi connectivity index (χ3n) is 4.72. The maximum Gasteiger partial charge on any atom is 0.181 e. The third kappa shape index (κ3) is 5.95. The molecule has 0 saturated heterocycles. The Hall–Kier alpha value is -3.13. The van der Waals surface area contributed by atoms with Crippen LogP contribution in [-0.4, -0.2) is 41.0 Å². The predicted octanol–water partition coefficient (Wildman–Crippen LogP) is 3.72. The molecule has 3 aromatic rings. The third-order valence-corrected chi connectivity index (χ3v) is 5.85. The van der Waals surface area contributed by atoms with Crippen molar-refractivity contribution in [2.24, 2.45) is 5.92 Å². The fourth-order valence-corrected chi connectivity index (χ4v) is 3.71. The average Bonchev–Trinajstić information content (AvgIpc) is 3.20. The number of ketones is 2. The minimum absolute atomic E-state index is 0.0622. The van der Waals surface area contributed by atoms with Gasteiger partial charge < -0.3 is 0 Å². The first-order chi connectivity index (χ1) is 14.6. The van der Waals surface area contributed by atoms with E-state index in [1.165, 1.54) is 12.1 Å². The van der Waals surface area contributed by atoms with Gasteiger partial charge in [-0.1, -0.05) is 19.9 Å². The molecule has 0 bridgehead atoms. The van der Waals surface area contributed by atoms with Gasteiger partial charge in [-0.15, -0.1) is 0 Å². The zero-order chi connectivity index (χ0) is 22.6. The van der Waals surface area contributed by atoms with Crippen LogP contribution in [0.5, 0.6) is 0 Å². The van der Waals surface area contributed by atoms with Gasteiger partial charge >= 0.3 is 0 Å². The maximum atomic E-state index is 12.6. The van der Waals surface area contributed by atoms with Crippen LogP contribution < -0.4 is 0 Å². The zero-order valence-corrected chi connectivity index (χ0v) is 18.6. The summed E-state index contributed by atoms with van der Waals surface area (Å²) in [5.41, 5.74) is 2.21. The Morgan fingerprint density at radius 3 is 2.26 bits per heavy atom. The number of aryl methyl sites for hydroxylation is 1. The molecule has 0 spiro atoms. The SMILES string of the molecule is CC(C)CC(=O)c1cccc(C(=O)CCc2cnn(-c3ccc(S(C)(=O)=O)cc3)c2)n1. The molecule has 0 atom stereocenters. The van der Waals surface area contributed by atoms with E-state index in [2.05, 4.69) is 10.1 Å². The first-order valence-corrected chi connectivity index (χ1v) is 11.9. The summed E-state index contributed by atoms with van der Waals surface area (Å²) in [6.45, 7) is 3.93. The van der Waals surface area contributed by atoms with Crippen LogP contribution in [-0.2, 0) is 16.3 Å². The number of aromatic nitrogens is 3. The summed E-state index contributed by atoms with van der Waals surface area (Å²) in [5.74, 6) is 0.0324. The van der Waals surface area contributed by atoms with Crippen molar-refractivity contribution in [3.8, 4) is 5.69 Å². The lowest BCUT2D eigenvalue weighted by Gasteiger charge is -2.05. The smallest absolute Gasteiger partial charge is 0.181 e. The standard InChI is InChI=1S/C23H25N3O4S/c1-16(2)13-23(28)21-6-4-5-20(25-21)22(27)12-7-17-14-24-26(15-17)18-8-10-19(11-9-18)31(3,29)30/h4-6,8-11,14-16H,7,12-13H2,1-3H3. The van der Waals surface area contributed by atoms with E-state index in [4.69, 9.17) is 0 Å². The molecule has 2 heterocycles. The van der Waals surface area contributed by atoms with Crippen LogP contribution in [0.25, 0.3) is 5.69 Å². The van der Waals surface area contributed by atoms with E-state index >= 15 is 0 Å². The van der Waals surface area contributed by atoms with Crippen LogP contribution in [0.1, 0.15) is 53.2 Å². The lowest BCUT2D eigenvalue weighted by molar-refractivity contribution is 0.0962. The first-order valence-electron chi connectivity index (χ1n) is 10.0. The molecule has 0 amide bonds. The molecule has 1 aromatic carbocycles. The fourth-order valence-electron chi connectivity index (χ4n) is 3.08. The van der Waals surface area contributed by atoms with Crippen molar-refractivity contribution >= 4 is 21.4 Å². The highest BCUT2D eigenvalue weighted by Crippen LogP contribution is 2.15. The summed E-state index contributed by atoms with van der Waals surface area (Å²) in [6, 6.07) is 11.4. The zero-order valence-electron chi connectivity index (χ0n) is 17.8. The van der Waals surface area contributed by atoms with Gasteiger partial charge in [-0.05, 0) is 54.3 Å². The number of carbonyl (C=O) groups is 2. The number of nitrogens with zero attached hydrogens (tertiary/aromatic N) is 3. The summed E-state index contributed by atoms with van der Waals surface area (Å²) in [5, 5.41) is 4.29. The number of hydrogen-bond acceptors (Lipinski definition) is 6. The molecule has 0 aliphatic rings. The maximum absolute atomic E-state index is 12.6. The van der Waals surface area contributed by atoms with Crippen LogP contribution in [0.4, 0.5) is 0 Å². The number of Topliss-reactive ketones (excluding diaryl/α,β-unsaturated/α-hetero) is 2. The van der Waals surface area contributed by atoms with Gasteiger partial charge in [0.05, 0.1) is 16.8 Å². The van der Waals surface area contributed by atoms with Gasteiger partial charge in [0, 0.05) is 25.3 Å². The second-order valence-electron chi connectivity index (χ2n) is 7.91. The molecular weight excluding hydrogens is 414 g/mol. The molecule has 8 heteroatoms. The molecule has 0 fully saturated rings.